The van der Waals surface area contributed by atoms with Crippen LogP contribution in [0.25, 0.3) is 0 Å². The van der Waals surface area contributed by atoms with Crippen molar-refractivity contribution in [1.82, 2.24) is 0 Å². The second-order valence-corrected chi connectivity index (χ2v) is 4.14. The predicted octanol–water partition coefficient (Wildman–Crippen LogP) is 3.31. The average Bonchev–Trinajstić information content (AvgIpc) is 2.33. The lowest BCUT2D eigenvalue weighted by molar-refractivity contribution is -0.299. The maximum Gasteiger partial charge on any atom is 0.434 e. The van der Waals surface area contributed by atoms with Crippen molar-refractivity contribution in [3.63, 3.8) is 0 Å². The number of halogens is 7. The zero-order valence-corrected chi connectivity index (χ0v) is 10.6. The van der Waals surface area contributed by atoms with Gasteiger partial charge in [0.25, 0.3) is 6.10 Å². The van der Waals surface area contributed by atoms with E-state index in [1.807, 2.05) is 0 Å². The topological polar surface area (TPSA) is 67.8 Å². The first kappa shape index (κ1) is 17.2. The summed E-state index contributed by atoms with van der Waals surface area (Å²) in [5.74, 6) is -1.63. The molecule has 4 nitrogen and oxygen atoms in total. The van der Waals surface area contributed by atoms with E-state index in [4.69, 9.17) is 22.5 Å². The van der Waals surface area contributed by atoms with Crippen LogP contribution in [-0.4, -0.2) is 29.5 Å². The van der Waals surface area contributed by atoms with Crippen LogP contribution in [0.15, 0.2) is 23.4 Å². The van der Waals surface area contributed by atoms with Crippen molar-refractivity contribution >= 4 is 17.4 Å². The van der Waals surface area contributed by atoms with E-state index < -0.39 is 35.6 Å². The summed E-state index contributed by atoms with van der Waals surface area (Å²) in [4.78, 5) is 0. The molecule has 0 radical (unpaired) electrons. The molecule has 0 amide bonds. The minimum Gasteiger partial charge on any atom is -0.471 e. The second-order valence-electron chi connectivity index (χ2n) is 3.71. The van der Waals surface area contributed by atoms with Crippen LogP contribution in [0.1, 0.15) is 5.56 Å². The smallest absolute Gasteiger partial charge is 0.434 e. The van der Waals surface area contributed by atoms with Gasteiger partial charge in [-0.1, -0.05) is 16.8 Å². The van der Waals surface area contributed by atoms with E-state index in [-0.39, 0.29) is 5.02 Å². The number of hydrogen-bond donors (Lipinski definition) is 2. The molecule has 118 valence electrons. The number of alkyl halides is 6. The third-order valence-electron chi connectivity index (χ3n) is 2.16. The fraction of sp³-hybridized carbons (Fsp3) is 0.300. The summed E-state index contributed by atoms with van der Waals surface area (Å²) in [6.07, 6.45) is -15.4. The normalized spacial score (nSPS) is 13.6. The Labute approximate surface area is 118 Å². The third-order valence-corrected chi connectivity index (χ3v) is 2.40. The van der Waals surface area contributed by atoms with Gasteiger partial charge < -0.3 is 15.7 Å². The minimum atomic E-state index is -5.69. The Morgan fingerprint density at radius 2 is 1.71 bits per heavy atom. The fourth-order valence-electron chi connectivity index (χ4n) is 1.31. The lowest BCUT2D eigenvalue weighted by Crippen LogP contribution is -2.46. The van der Waals surface area contributed by atoms with Gasteiger partial charge in [-0.15, -0.1) is 0 Å². The molecule has 1 rings (SSSR count). The first-order valence-corrected chi connectivity index (χ1v) is 5.42. The first-order chi connectivity index (χ1) is 9.46. The summed E-state index contributed by atoms with van der Waals surface area (Å²) in [7, 11) is 0. The van der Waals surface area contributed by atoms with Gasteiger partial charge in [-0.2, -0.15) is 26.3 Å². The molecule has 0 saturated heterocycles. The number of nitrogens with two attached hydrogens (primary N) is 1. The molecule has 0 atom stereocenters. The van der Waals surface area contributed by atoms with Gasteiger partial charge >= 0.3 is 12.4 Å². The fourth-order valence-corrected chi connectivity index (χ4v) is 1.48. The van der Waals surface area contributed by atoms with Gasteiger partial charge in [0.15, 0.2) is 5.84 Å². The van der Waals surface area contributed by atoms with Crippen molar-refractivity contribution in [2.45, 2.75) is 18.5 Å². The molecular weight excluding hydrogens is 330 g/mol. The molecule has 0 spiro atoms. The molecule has 0 aromatic heterocycles. The van der Waals surface area contributed by atoms with E-state index in [9.17, 15) is 26.3 Å². The summed E-state index contributed by atoms with van der Waals surface area (Å²) in [5.41, 5.74) is 4.65. The molecule has 0 aliphatic heterocycles. The second kappa shape index (κ2) is 5.88. The van der Waals surface area contributed by atoms with Crippen molar-refractivity contribution < 1.29 is 36.3 Å². The van der Waals surface area contributed by atoms with E-state index in [0.717, 1.165) is 18.2 Å². The van der Waals surface area contributed by atoms with Crippen LogP contribution in [0.2, 0.25) is 5.02 Å². The standard InChI is InChI=1S/C10H7ClF6N2O2/c11-4-1-2-6(5(3-4)7(18)19-20)21-8(9(12,13)14)10(15,16)17/h1-3,8,20H,(H2,18,19). The molecule has 0 aliphatic carbocycles. The van der Waals surface area contributed by atoms with Gasteiger partial charge in [0.05, 0.1) is 5.56 Å². The van der Waals surface area contributed by atoms with Crippen molar-refractivity contribution in [3.8, 4) is 5.75 Å². The van der Waals surface area contributed by atoms with Crippen LogP contribution in [0.3, 0.4) is 0 Å². The Morgan fingerprint density at radius 3 is 2.14 bits per heavy atom. The van der Waals surface area contributed by atoms with Crippen molar-refractivity contribution in [1.29, 1.82) is 0 Å². The van der Waals surface area contributed by atoms with Crippen molar-refractivity contribution in [3.05, 3.63) is 28.8 Å². The maximum absolute atomic E-state index is 12.4. The molecule has 0 bridgehead atoms. The molecule has 0 unspecified atom stereocenters. The molecule has 0 saturated carbocycles. The first-order valence-electron chi connectivity index (χ1n) is 5.04. The van der Waals surface area contributed by atoms with E-state index in [0.29, 0.717) is 0 Å². The zero-order valence-electron chi connectivity index (χ0n) is 9.84. The summed E-state index contributed by atoms with van der Waals surface area (Å²) in [5, 5.41) is 10.9. The van der Waals surface area contributed by atoms with Crippen molar-refractivity contribution in [2.24, 2.45) is 10.9 Å². The van der Waals surface area contributed by atoms with Crippen molar-refractivity contribution in [2.75, 3.05) is 0 Å². The molecular formula is C10H7ClF6N2O2. The SMILES string of the molecule is N/C(=N/O)c1cc(Cl)ccc1OC(C(F)(F)F)C(F)(F)F. The maximum atomic E-state index is 12.4. The summed E-state index contributed by atoms with van der Waals surface area (Å²) >= 11 is 5.54. The highest BCUT2D eigenvalue weighted by Gasteiger charge is 2.59. The number of oxime groups is 1. The Hall–Kier alpha value is -1.84. The van der Waals surface area contributed by atoms with E-state index >= 15 is 0 Å². The van der Waals surface area contributed by atoms with Gasteiger partial charge in [-0.25, -0.2) is 0 Å². The van der Waals surface area contributed by atoms with Gasteiger partial charge in [0.1, 0.15) is 5.75 Å². The van der Waals surface area contributed by atoms with Gasteiger partial charge in [0, 0.05) is 5.02 Å². The van der Waals surface area contributed by atoms with Crippen LogP contribution in [0, 0.1) is 0 Å². The lowest BCUT2D eigenvalue weighted by atomic mass is 10.2. The largest absolute Gasteiger partial charge is 0.471 e. The Balaban J connectivity index is 3.28. The van der Waals surface area contributed by atoms with E-state index in [1.165, 1.54) is 0 Å². The Kier molecular flexibility index (Phi) is 4.82. The predicted molar refractivity (Wildman–Crippen MR) is 60.5 cm³/mol. The van der Waals surface area contributed by atoms with Gasteiger partial charge in [0.2, 0.25) is 0 Å². The molecule has 0 aliphatic rings. The molecule has 11 heteroatoms. The lowest BCUT2D eigenvalue weighted by Gasteiger charge is -2.24. The molecule has 1 aromatic carbocycles. The number of nitrogens with zero attached hydrogens (tertiary/aromatic N) is 1. The van der Waals surface area contributed by atoms with Crippen LogP contribution in [-0.2, 0) is 0 Å². The summed E-state index contributed by atoms with van der Waals surface area (Å²) in [6, 6.07) is 2.64. The quantitative estimate of drug-likeness (QED) is 0.292. The number of ether oxygens (including phenoxy) is 1. The number of benzene rings is 1. The third kappa shape index (κ3) is 4.31. The molecule has 1 aromatic rings. The molecule has 3 N–H and O–H groups in total. The van der Waals surface area contributed by atoms with Gasteiger partial charge in [-0.3, -0.25) is 0 Å². The highest BCUT2D eigenvalue weighted by Crippen LogP contribution is 2.37. The Morgan fingerprint density at radius 1 is 1.19 bits per heavy atom. The number of hydrogen-bond acceptors (Lipinski definition) is 3. The molecule has 0 heterocycles. The van der Waals surface area contributed by atoms with E-state index in [1.54, 1.807) is 0 Å². The number of amidine groups is 1. The Bertz CT molecular complexity index is 529. The zero-order chi connectivity index (χ0) is 16.4. The van der Waals surface area contributed by atoms with Crippen LogP contribution in [0.5, 0.6) is 5.75 Å². The number of rotatable bonds is 3. The minimum absolute atomic E-state index is 0.0560. The van der Waals surface area contributed by atoms with Crippen LogP contribution in [0.4, 0.5) is 26.3 Å². The van der Waals surface area contributed by atoms with Crippen LogP contribution >= 0.6 is 11.6 Å². The van der Waals surface area contributed by atoms with Crippen LogP contribution < -0.4 is 10.5 Å². The highest BCUT2D eigenvalue weighted by atomic mass is 35.5. The molecule has 21 heavy (non-hydrogen) atoms. The average molecular weight is 337 g/mol. The summed E-state index contributed by atoms with van der Waals surface area (Å²) < 4.78 is 78.5. The highest BCUT2D eigenvalue weighted by molar-refractivity contribution is 6.31. The summed E-state index contributed by atoms with van der Waals surface area (Å²) in [6.45, 7) is 0. The molecule has 0 fully saturated rings. The van der Waals surface area contributed by atoms with E-state index in [2.05, 4.69) is 9.89 Å². The monoisotopic (exact) mass is 336 g/mol. The van der Waals surface area contributed by atoms with Gasteiger partial charge in [-0.05, 0) is 18.2 Å².